The molecule has 0 saturated carbocycles. The molecule has 1 aromatic rings. The summed E-state index contributed by atoms with van der Waals surface area (Å²) < 4.78 is 42.0. The molecule has 5 atom stereocenters. The van der Waals surface area contributed by atoms with Crippen LogP contribution in [-0.4, -0.2) is 81.9 Å². The first kappa shape index (κ1) is 20.2. The van der Waals surface area contributed by atoms with Crippen LogP contribution in [0.2, 0.25) is 0 Å². The van der Waals surface area contributed by atoms with Crippen molar-refractivity contribution in [2.24, 2.45) is 0 Å². The highest BCUT2D eigenvalue weighted by atomic mass is 32.2. The molecule has 4 rings (SSSR count). The molecule has 3 aliphatic heterocycles. The van der Waals surface area contributed by atoms with Crippen LogP contribution in [0, 0.1) is 6.92 Å². The molecule has 3 heterocycles. The molecule has 0 aromatic heterocycles. The molecule has 5 unspecified atom stereocenters. The molecule has 9 heteroatoms. The number of ether oxygens (including phenoxy) is 2. The maximum absolute atomic E-state index is 12.7. The lowest BCUT2D eigenvalue weighted by atomic mass is 9.98. The number of aryl methyl sites for hydroxylation is 1. The van der Waals surface area contributed by atoms with Crippen molar-refractivity contribution in [1.29, 1.82) is 0 Å². The normalized spacial score (nSPS) is 33.4. The SMILES string of the molecule is Cc1ccc(S(=O)(=O)OC2C3OCC(O3)C(NCCN3CCCC3)C2O)cc1. The van der Waals surface area contributed by atoms with Crippen LogP contribution in [0.1, 0.15) is 18.4 Å². The first-order valence-corrected chi connectivity index (χ1v) is 11.3. The van der Waals surface area contributed by atoms with Crippen molar-refractivity contribution in [2.75, 3.05) is 32.8 Å². The van der Waals surface area contributed by atoms with Crippen molar-refractivity contribution in [3.05, 3.63) is 29.8 Å². The zero-order chi connectivity index (χ0) is 19.7. The van der Waals surface area contributed by atoms with Gasteiger partial charge >= 0.3 is 0 Å². The van der Waals surface area contributed by atoms with Gasteiger partial charge in [0.2, 0.25) is 0 Å². The number of hydrogen-bond acceptors (Lipinski definition) is 8. The Morgan fingerprint density at radius 1 is 1.25 bits per heavy atom. The molecule has 0 radical (unpaired) electrons. The summed E-state index contributed by atoms with van der Waals surface area (Å²) in [6, 6.07) is 5.94. The lowest BCUT2D eigenvalue weighted by molar-refractivity contribution is -0.192. The van der Waals surface area contributed by atoms with Crippen LogP contribution < -0.4 is 5.32 Å². The van der Waals surface area contributed by atoms with Crippen LogP contribution in [0.3, 0.4) is 0 Å². The first-order chi connectivity index (χ1) is 13.4. The molecule has 0 spiro atoms. The van der Waals surface area contributed by atoms with E-state index in [1.165, 1.54) is 25.0 Å². The van der Waals surface area contributed by atoms with Crippen molar-refractivity contribution in [3.8, 4) is 0 Å². The first-order valence-electron chi connectivity index (χ1n) is 9.85. The summed E-state index contributed by atoms with van der Waals surface area (Å²) in [5.41, 5.74) is 0.948. The van der Waals surface area contributed by atoms with E-state index >= 15 is 0 Å². The predicted molar refractivity (Wildman–Crippen MR) is 101 cm³/mol. The molecule has 3 saturated heterocycles. The van der Waals surface area contributed by atoms with Crippen LogP contribution in [0.15, 0.2) is 29.2 Å². The number of nitrogens with zero attached hydrogens (tertiary/aromatic N) is 1. The number of nitrogens with one attached hydrogen (secondary N) is 1. The van der Waals surface area contributed by atoms with E-state index in [1.807, 2.05) is 6.92 Å². The van der Waals surface area contributed by atoms with Gasteiger partial charge in [-0.15, -0.1) is 0 Å². The van der Waals surface area contributed by atoms with Crippen molar-refractivity contribution in [3.63, 3.8) is 0 Å². The van der Waals surface area contributed by atoms with Crippen LogP contribution >= 0.6 is 0 Å². The fraction of sp³-hybridized carbons (Fsp3) is 0.684. The lowest BCUT2D eigenvalue weighted by Gasteiger charge is -2.38. The highest BCUT2D eigenvalue weighted by Crippen LogP contribution is 2.32. The summed E-state index contributed by atoms with van der Waals surface area (Å²) in [6.45, 7) is 5.94. The highest BCUT2D eigenvalue weighted by Gasteiger charge is 2.52. The summed E-state index contributed by atoms with van der Waals surface area (Å²) in [5.74, 6) is 0. The Morgan fingerprint density at radius 3 is 2.68 bits per heavy atom. The van der Waals surface area contributed by atoms with Gasteiger partial charge in [0.25, 0.3) is 10.1 Å². The molecule has 2 bridgehead atoms. The van der Waals surface area contributed by atoms with Gasteiger partial charge in [-0.25, -0.2) is 0 Å². The zero-order valence-electron chi connectivity index (χ0n) is 16.0. The van der Waals surface area contributed by atoms with E-state index in [-0.39, 0.29) is 11.0 Å². The summed E-state index contributed by atoms with van der Waals surface area (Å²) in [4.78, 5) is 2.41. The molecule has 0 amide bonds. The summed E-state index contributed by atoms with van der Waals surface area (Å²) in [5, 5.41) is 14.1. The fourth-order valence-electron chi connectivity index (χ4n) is 4.04. The summed E-state index contributed by atoms with van der Waals surface area (Å²) in [7, 11) is -4.05. The largest absolute Gasteiger partial charge is 0.388 e. The third-order valence-corrected chi connectivity index (χ3v) is 6.99. The number of benzene rings is 1. The van der Waals surface area contributed by atoms with Gasteiger partial charge in [-0.3, -0.25) is 4.18 Å². The molecule has 156 valence electrons. The third-order valence-electron chi connectivity index (χ3n) is 5.66. The van der Waals surface area contributed by atoms with Gasteiger partial charge in [-0.1, -0.05) is 17.7 Å². The number of rotatable bonds is 7. The second kappa shape index (κ2) is 8.35. The second-order valence-corrected chi connectivity index (χ2v) is 9.30. The minimum Gasteiger partial charge on any atom is -0.388 e. The minimum atomic E-state index is -4.05. The van der Waals surface area contributed by atoms with Crippen molar-refractivity contribution < 1.29 is 27.2 Å². The molecule has 2 N–H and O–H groups in total. The van der Waals surface area contributed by atoms with Crippen molar-refractivity contribution in [2.45, 2.75) is 55.3 Å². The average molecular weight is 413 g/mol. The zero-order valence-corrected chi connectivity index (χ0v) is 16.8. The van der Waals surface area contributed by atoms with Gasteiger partial charge in [-0.2, -0.15) is 8.42 Å². The third kappa shape index (κ3) is 4.25. The number of hydrogen-bond donors (Lipinski definition) is 2. The second-order valence-electron chi connectivity index (χ2n) is 7.72. The molecule has 3 fully saturated rings. The van der Waals surface area contributed by atoms with E-state index in [0.29, 0.717) is 13.2 Å². The number of aliphatic hydroxyl groups is 1. The van der Waals surface area contributed by atoms with E-state index in [0.717, 1.165) is 25.2 Å². The lowest BCUT2D eigenvalue weighted by Crippen LogP contribution is -2.61. The number of aliphatic hydroxyl groups excluding tert-OH is 1. The summed E-state index contributed by atoms with van der Waals surface area (Å²) in [6.07, 6.45) is -0.933. The Balaban J connectivity index is 1.42. The van der Waals surface area contributed by atoms with Crippen molar-refractivity contribution in [1.82, 2.24) is 10.2 Å². The maximum Gasteiger partial charge on any atom is 0.297 e. The topological polar surface area (TPSA) is 97.3 Å². The average Bonchev–Trinajstić information content (AvgIpc) is 3.33. The molecule has 1 aromatic carbocycles. The Bertz CT molecular complexity index is 765. The van der Waals surface area contributed by atoms with Gasteiger partial charge in [0.05, 0.1) is 17.5 Å². The Labute approximate surface area is 165 Å². The van der Waals surface area contributed by atoms with Gasteiger partial charge in [0.1, 0.15) is 12.2 Å². The monoisotopic (exact) mass is 412 g/mol. The Kier molecular flexibility index (Phi) is 6.03. The quantitative estimate of drug-likeness (QED) is 0.615. The Hall–Kier alpha value is -1.07. The summed E-state index contributed by atoms with van der Waals surface area (Å²) >= 11 is 0. The fourth-order valence-corrected chi connectivity index (χ4v) is 5.12. The number of fused-ring (bicyclic) bond motifs is 2. The standard InChI is InChI=1S/C19H28N2O6S/c1-13-4-6-14(7-5-13)28(23,24)27-18-17(22)16(15-12-25-19(18)26-15)20-8-11-21-9-2-3-10-21/h4-7,15-20,22H,2-3,8-12H2,1H3. The molecule has 0 aliphatic carbocycles. The van der Waals surface area contributed by atoms with Gasteiger partial charge in [0.15, 0.2) is 12.4 Å². The van der Waals surface area contributed by atoms with Gasteiger partial charge < -0.3 is 24.8 Å². The van der Waals surface area contributed by atoms with E-state index in [4.69, 9.17) is 13.7 Å². The van der Waals surface area contributed by atoms with E-state index in [1.54, 1.807) is 12.1 Å². The predicted octanol–water partition coefficient (Wildman–Crippen LogP) is 0.239. The van der Waals surface area contributed by atoms with Crippen LogP contribution in [-0.2, 0) is 23.8 Å². The van der Waals surface area contributed by atoms with E-state index in [2.05, 4.69) is 10.2 Å². The van der Waals surface area contributed by atoms with Crippen LogP contribution in [0.5, 0.6) is 0 Å². The number of likely N-dealkylation sites (tertiary alicyclic amines) is 1. The molecule has 28 heavy (non-hydrogen) atoms. The molecule has 8 nitrogen and oxygen atoms in total. The molecular weight excluding hydrogens is 384 g/mol. The minimum absolute atomic E-state index is 0.0453. The molecular formula is C19H28N2O6S. The van der Waals surface area contributed by atoms with Crippen LogP contribution in [0.4, 0.5) is 0 Å². The van der Waals surface area contributed by atoms with E-state index < -0.39 is 34.7 Å². The van der Waals surface area contributed by atoms with Crippen LogP contribution in [0.25, 0.3) is 0 Å². The Morgan fingerprint density at radius 2 is 1.96 bits per heavy atom. The highest BCUT2D eigenvalue weighted by molar-refractivity contribution is 7.86. The maximum atomic E-state index is 12.7. The van der Waals surface area contributed by atoms with Crippen molar-refractivity contribution >= 4 is 10.1 Å². The van der Waals surface area contributed by atoms with E-state index in [9.17, 15) is 13.5 Å². The van der Waals surface area contributed by atoms with Gasteiger partial charge in [0, 0.05) is 13.1 Å². The molecule has 3 aliphatic rings. The smallest absolute Gasteiger partial charge is 0.297 e. The van der Waals surface area contributed by atoms with Gasteiger partial charge in [-0.05, 0) is 45.0 Å².